The van der Waals surface area contributed by atoms with Crippen LogP contribution in [0.15, 0.2) is 29.1 Å². The lowest BCUT2D eigenvalue weighted by Crippen LogP contribution is -2.35. The maximum Gasteiger partial charge on any atom is 0.275 e. The highest BCUT2D eigenvalue weighted by Gasteiger charge is 2.26. The average molecular weight is 372 g/mol. The summed E-state index contributed by atoms with van der Waals surface area (Å²) in [5.41, 5.74) is 2.46. The van der Waals surface area contributed by atoms with E-state index in [4.69, 9.17) is 0 Å². The Labute approximate surface area is 153 Å². The monoisotopic (exact) mass is 372 g/mol. The van der Waals surface area contributed by atoms with E-state index in [0.717, 1.165) is 22.1 Å². The first-order valence-electron chi connectivity index (χ1n) is 7.87. The number of hydrogen-bond acceptors (Lipinski definition) is 8. The summed E-state index contributed by atoms with van der Waals surface area (Å²) in [4.78, 5) is 25.8. The van der Waals surface area contributed by atoms with E-state index in [1.54, 1.807) is 22.9 Å². The number of nitrogens with zero attached hydrogens (tertiary/aromatic N) is 6. The summed E-state index contributed by atoms with van der Waals surface area (Å²) in [6.07, 6.45) is 1.79. The fourth-order valence-electron chi connectivity index (χ4n) is 2.89. The molecule has 0 N–H and O–H groups in total. The maximum absolute atomic E-state index is 12.7. The topological polar surface area (TPSA) is 75.1 Å². The van der Waals surface area contributed by atoms with E-state index in [1.165, 1.54) is 11.5 Å². The summed E-state index contributed by atoms with van der Waals surface area (Å²) in [7, 11) is 0. The normalized spacial score (nSPS) is 14.3. The molecule has 1 aliphatic heterocycles. The molecule has 25 heavy (non-hydrogen) atoms. The standard InChI is InChI=1S/C16H16N6OS2/c1-11-18-13(9-24-11)8-21-5-6-22(16(23)14-10-25-20-19-14)7-12-3-2-4-17-15(12)21/h2-4,9-10H,5-8H2,1H3. The van der Waals surface area contributed by atoms with Crippen molar-refractivity contribution >= 4 is 34.6 Å². The lowest BCUT2D eigenvalue weighted by Gasteiger charge is -2.22. The van der Waals surface area contributed by atoms with Crippen LogP contribution in [0.3, 0.4) is 0 Å². The van der Waals surface area contributed by atoms with E-state index >= 15 is 0 Å². The van der Waals surface area contributed by atoms with Crippen molar-refractivity contribution in [3.63, 3.8) is 0 Å². The Bertz CT molecular complexity index is 878. The van der Waals surface area contributed by atoms with Crippen molar-refractivity contribution < 1.29 is 4.79 Å². The molecule has 7 nitrogen and oxygen atoms in total. The first kappa shape index (κ1) is 16.1. The Balaban J connectivity index is 1.61. The van der Waals surface area contributed by atoms with Crippen LogP contribution in [0, 0.1) is 6.92 Å². The quantitative estimate of drug-likeness (QED) is 0.703. The summed E-state index contributed by atoms with van der Waals surface area (Å²) in [5.74, 6) is 0.828. The van der Waals surface area contributed by atoms with Crippen LogP contribution >= 0.6 is 22.9 Å². The third kappa shape index (κ3) is 3.38. The van der Waals surface area contributed by atoms with Gasteiger partial charge in [0, 0.05) is 42.2 Å². The summed E-state index contributed by atoms with van der Waals surface area (Å²) in [6.45, 7) is 4.52. The number of hydrogen-bond donors (Lipinski definition) is 0. The zero-order chi connectivity index (χ0) is 17.2. The second-order valence-electron chi connectivity index (χ2n) is 5.78. The van der Waals surface area contributed by atoms with Crippen molar-refractivity contribution in [1.82, 2.24) is 24.5 Å². The van der Waals surface area contributed by atoms with Gasteiger partial charge in [0.15, 0.2) is 5.69 Å². The van der Waals surface area contributed by atoms with E-state index < -0.39 is 0 Å². The van der Waals surface area contributed by atoms with Gasteiger partial charge in [-0.05, 0) is 24.5 Å². The number of aromatic nitrogens is 4. The summed E-state index contributed by atoms with van der Waals surface area (Å²) in [6, 6.07) is 3.93. The summed E-state index contributed by atoms with van der Waals surface area (Å²) >= 11 is 2.84. The molecule has 0 aromatic carbocycles. The average Bonchev–Trinajstić information content (AvgIpc) is 3.25. The Morgan fingerprint density at radius 3 is 3.00 bits per heavy atom. The molecule has 3 aromatic heterocycles. The van der Waals surface area contributed by atoms with E-state index in [1.807, 2.05) is 24.0 Å². The zero-order valence-corrected chi connectivity index (χ0v) is 15.3. The zero-order valence-electron chi connectivity index (χ0n) is 13.6. The van der Waals surface area contributed by atoms with E-state index in [2.05, 4.69) is 29.8 Å². The van der Waals surface area contributed by atoms with Crippen LogP contribution in [0.25, 0.3) is 0 Å². The predicted octanol–water partition coefficient (Wildman–Crippen LogP) is 2.36. The molecule has 0 fully saturated rings. The van der Waals surface area contributed by atoms with Gasteiger partial charge in [-0.2, -0.15) is 0 Å². The van der Waals surface area contributed by atoms with E-state index in [0.29, 0.717) is 31.9 Å². The highest BCUT2D eigenvalue weighted by Crippen LogP contribution is 2.25. The minimum absolute atomic E-state index is 0.0881. The van der Waals surface area contributed by atoms with Crippen LogP contribution in [-0.4, -0.2) is 43.5 Å². The number of carbonyl (C=O) groups is 1. The molecule has 0 spiro atoms. The Kier molecular flexibility index (Phi) is 4.41. The second-order valence-corrected chi connectivity index (χ2v) is 7.45. The van der Waals surface area contributed by atoms with Gasteiger partial charge in [0.2, 0.25) is 0 Å². The SMILES string of the molecule is Cc1nc(CN2CCN(C(=O)c3csnn3)Cc3cccnc32)cs1. The molecule has 0 aliphatic carbocycles. The van der Waals surface area contributed by atoms with Crippen molar-refractivity contribution in [2.75, 3.05) is 18.0 Å². The van der Waals surface area contributed by atoms with Gasteiger partial charge in [-0.1, -0.05) is 10.6 Å². The van der Waals surface area contributed by atoms with Gasteiger partial charge in [0.1, 0.15) is 5.82 Å². The van der Waals surface area contributed by atoms with Crippen LogP contribution in [0.1, 0.15) is 26.8 Å². The van der Waals surface area contributed by atoms with Crippen LogP contribution < -0.4 is 4.90 Å². The van der Waals surface area contributed by atoms with Gasteiger partial charge in [-0.15, -0.1) is 16.4 Å². The Hall–Kier alpha value is -2.39. The molecule has 1 aliphatic rings. The first-order valence-corrected chi connectivity index (χ1v) is 9.58. The molecule has 1 amide bonds. The minimum Gasteiger partial charge on any atom is -0.349 e. The molecule has 9 heteroatoms. The molecule has 0 atom stereocenters. The third-order valence-electron chi connectivity index (χ3n) is 4.05. The van der Waals surface area contributed by atoms with Gasteiger partial charge in [-0.25, -0.2) is 9.97 Å². The largest absolute Gasteiger partial charge is 0.349 e. The minimum atomic E-state index is -0.0881. The fraction of sp³-hybridized carbons (Fsp3) is 0.312. The number of carbonyl (C=O) groups excluding carboxylic acids is 1. The van der Waals surface area contributed by atoms with Gasteiger partial charge >= 0.3 is 0 Å². The molecule has 0 saturated carbocycles. The maximum atomic E-state index is 12.7. The lowest BCUT2D eigenvalue weighted by atomic mass is 10.2. The summed E-state index contributed by atoms with van der Waals surface area (Å²) < 4.78 is 3.79. The molecule has 128 valence electrons. The van der Waals surface area contributed by atoms with Crippen molar-refractivity contribution in [2.24, 2.45) is 0 Å². The van der Waals surface area contributed by atoms with Crippen molar-refractivity contribution in [1.29, 1.82) is 0 Å². The highest BCUT2D eigenvalue weighted by molar-refractivity contribution is 7.09. The van der Waals surface area contributed by atoms with Crippen LogP contribution in [-0.2, 0) is 13.1 Å². The van der Waals surface area contributed by atoms with Crippen molar-refractivity contribution in [3.8, 4) is 0 Å². The van der Waals surface area contributed by atoms with Crippen LogP contribution in [0.5, 0.6) is 0 Å². The molecular weight excluding hydrogens is 356 g/mol. The fourth-order valence-corrected chi connectivity index (χ4v) is 3.93. The van der Waals surface area contributed by atoms with Gasteiger partial charge in [0.25, 0.3) is 5.91 Å². The number of amides is 1. The molecule has 0 radical (unpaired) electrons. The molecule has 0 unspecified atom stereocenters. The van der Waals surface area contributed by atoms with Crippen LogP contribution in [0.2, 0.25) is 0 Å². The molecule has 4 rings (SSSR count). The van der Waals surface area contributed by atoms with Crippen LogP contribution in [0.4, 0.5) is 5.82 Å². The number of fused-ring (bicyclic) bond motifs is 1. The smallest absolute Gasteiger partial charge is 0.275 e. The number of rotatable bonds is 3. The number of pyridine rings is 1. The van der Waals surface area contributed by atoms with Gasteiger partial charge in [-0.3, -0.25) is 4.79 Å². The Morgan fingerprint density at radius 1 is 1.32 bits per heavy atom. The van der Waals surface area contributed by atoms with Gasteiger partial charge in [0.05, 0.1) is 17.2 Å². The summed E-state index contributed by atoms with van der Waals surface area (Å²) in [5, 5.41) is 8.73. The Morgan fingerprint density at radius 2 is 2.24 bits per heavy atom. The predicted molar refractivity (Wildman–Crippen MR) is 96.8 cm³/mol. The molecular formula is C16H16N6OS2. The number of aryl methyl sites for hydroxylation is 1. The number of anilines is 1. The third-order valence-corrected chi connectivity index (χ3v) is 5.38. The molecule has 0 saturated heterocycles. The van der Waals surface area contributed by atoms with Crippen molar-refractivity contribution in [3.05, 3.63) is 51.0 Å². The molecule has 3 aromatic rings. The van der Waals surface area contributed by atoms with Crippen molar-refractivity contribution in [2.45, 2.75) is 20.0 Å². The molecule has 4 heterocycles. The highest BCUT2D eigenvalue weighted by atomic mass is 32.1. The first-order chi connectivity index (χ1) is 12.2. The van der Waals surface area contributed by atoms with Gasteiger partial charge < -0.3 is 9.80 Å². The number of thiazole rings is 1. The van der Waals surface area contributed by atoms with E-state index in [-0.39, 0.29) is 5.91 Å². The molecule has 0 bridgehead atoms. The van der Waals surface area contributed by atoms with E-state index in [9.17, 15) is 4.79 Å². The second kappa shape index (κ2) is 6.85. The lowest BCUT2D eigenvalue weighted by molar-refractivity contribution is 0.0745.